The summed E-state index contributed by atoms with van der Waals surface area (Å²) in [6, 6.07) is 16.3. The van der Waals surface area contributed by atoms with Gasteiger partial charge in [-0.1, -0.05) is 18.2 Å². The molecule has 7 nitrogen and oxygen atoms in total. The zero-order chi connectivity index (χ0) is 19.3. The molecule has 0 radical (unpaired) electrons. The van der Waals surface area contributed by atoms with Crippen molar-refractivity contribution in [3.63, 3.8) is 0 Å². The minimum absolute atomic E-state index is 0.650. The van der Waals surface area contributed by atoms with Gasteiger partial charge in [0.1, 0.15) is 5.75 Å². The molecule has 1 fully saturated rings. The van der Waals surface area contributed by atoms with Crippen LogP contribution in [0, 0.1) is 6.92 Å². The van der Waals surface area contributed by atoms with Crippen LogP contribution >= 0.6 is 0 Å². The lowest BCUT2D eigenvalue weighted by Gasteiger charge is -2.36. The summed E-state index contributed by atoms with van der Waals surface area (Å²) < 4.78 is 5.26. The molecule has 1 aliphatic rings. The van der Waals surface area contributed by atoms with E-state index in [1.165, 1.54) is 11.3 Å². The van der Waals surface area contributed by atoms with Crippen LogP contribution in [0.3, 0.4) is 0 Å². The van der Waals surface area contributed by atoms with E-state index in [1.54, 1.807) is 13.3 Å². The predicted molar refractivity (Wildman–Crippen MR) is 112 cm³/mol. The van der Waals surface area contributed by atoms with Crippen molar-refractivity contribution in [2.24, 2.45) is 0 Å². The molecule has 1 saturated heterocycles. The summed E-state index contributed by atoms with van der Waals surface area (Å²) in [6.45, 7) is 5.71. The van der Waals surface area contributed by atoms with Gasteiger partial charge in [0, 0.05) is 43.6 Å². The van der Waals surface area contributed by atoms with Crippen molar-refractivity contribution in [1.29, 1.82) is 0 Å². The normalized spacial score (nSPS) is 14.1. The van der Waals surface area contributed by atoms with E-state index < -0.39 is 0 Å². The topological polar surface area (TPSA) is 66.4 Å². The summed E-state index contributed by atoms with van der Waals surface area (Å²) in [7, 11) is 1.65. The lowest BCUT2D eigenvalue weighted by molar-refractivity contribution is 0.415. The Balaban J connectivity index is 1.42. The Bertz CT molecular complexity index is 939. The molecule has 0 aliphatic carbocycles. The number of aryl methyl sites for hydroxylation is 1. The molecule has 3 aromatic rings. The number of rotatable bonds is 5. The Morgan fingerprint density at radius 1 is 0.964 bits per heavy atom. The highest BCUT2D eigenvalue weighted by molar-refractivity contribution is 5.58. The van der Waals surface area contributed by atoms with Gasteiger partial charge in [-0.25, -0.2) is 0 Å². The second-order valence-electron chi connectivity index (χ2n) is 6.81. The number of piperazine rings is 1. The van der Waals surface area contributed by atoms with Crippen LogP contribution in [0.2, 0.25) is 0 Å². The van der Waals surface area contributed by atoms with Crippen molar-refractivity contribution in [1.82, 2.24) is 15.2 Å². The largest absolute Gasteiger partial charge is 0.497 e. The second kappa shape index (κ2) is 8.12. The molecule has 0 spiro atoms. The molecule has 7 heteroatoms. The number of hydrogen-bond donors (Lipinski definition) is 1. The molecule has 2 aromatic carbocycles. The van der Waals surface area contributed by atoms with E-state index in [4.69, 9.17) is 4.74 Å². The first-order valence-corrected chi connectivity index (χ1v) is 9.38. The molecule has 0 amide bonds. The molecule has 144 valence electrons. The first-order chi connectivity index (χ1) is 13.7. The van der Waals surface area contributed by atoms with Crippen molar-refractivity contribution in [2.45, 2.75) is 6.92 Å². The lowest BCUT2D eigenvalue weighted by atomic mass is 10.2. The van der Waals surface area contributed by atoms with E-state index in [1.807, 2.05) is 24.3 Å². The zero-order valence-electron chi connectivity index (χ0n) is 16.2. The van der Waals surface area contributed by atoms with Gasteiger partial charge in [-0.15, -0.1) is 5.10 Å². The third-order valence-corrected chi connectivity index (χ3v) is 4.82. The third-order valence-electron chi connectivity index (χ3n) is 4.82. The van der Waals surface area contributed by atoms with Gasteiger partial charge in [0.25, 0.3) is 0 Å². The fourth-order valence-electron chi connectivity index (χ4n) is 3.33. The summed E-state index contributed by atoms with van der Waals surface area (Å²) >= 11 is 0. The van der Waals surface area contributed by atoms with Gasteiger partial charge < -0.3 is 19.9 Å². The molecule has 0 bridgehead atoms. The number of nitrogens with one attached hydrogen (secondary N) is 1. The van der Waals surface area contributed by atoms with Crippen LogP contribution in [0.15, 0.2) is 54.7 Å². The molecule has 1 aromatic heterocycles. The number of ether oxygens (including phenoxy) is 1. The Kier molecular flexibility index (Phi) is 5.23. The maximum atomic E-state index is 5.26. The first kappa shape index (κ1) is 18.0. The van der Waals surface area contributed by atoms with E-state index in [0.29, 0.717) is 11.8 Å². The lowest BCUT2D eigenvalue weighted by Crippen LogP contribution is -2.47. The van der Waals surface area contributed by atoms with Gasteiger partial charge in [0.15, 0.2) is 5.82 Å². The Labute approximate surface area is 165 Å². The monoisotopic (exact) mass is 376 g/mol. The predicted octanol–water partition coefficient (Wildman–Crippen LogP) is 3.26. The minimum atomic E-state index is 0.650. The molecule has 0 unspecified atom stereocenters. The molecule has 2 heterocycles. The molecule has 4 rings (SSSR count). The molecule has 0 atom stereocenters. The summed E-state index contributed by atoms with van der Waals surface area (Å²) in [5, 5.41) is 11.6. The number of methoxy groups -OCH3 is 1. The van der Waals surface area contributed by atoms with Crippen molar-refractivity contribution in [3.05, 3.63) is 60.3 Å². The number of nitrogens with zero attached hydrogens (tertiary/aromatic N) is 5. The Hall–Kier alpha value is -3.35. The SMILES string of the molecule is COc1cccc(Nc2cnnc(N3CCN(c4cccc(C)c4)CC3)n2)c1. The fraction of sp³-hybridized carbons (Fsp3) is 0.286. The van der Waals surface area contributed by atoms with Crippen molar-refractivity contribution >= 4 is 23.1 Å². The van der Waals surface area contributed by atoms with E-state index >= 15 is 0 Å². The highest BCUT2D eigenvalue weighted by Gasteiger charge is 2.20. The third kappa shape index (κ3) is 4.14. The van der Waals surface area contributed by atoms with E-state index in [-0.39, 0.29) is 0 Å². The van der Waals surface area contributed by atoms with Crippen molar-refractivity contribution in [2.75, 3.05) is 48.4 Å². The fourth-order valence-corrected chi connectivity index (χ4v) is 3.33. The average molecular weight is 376 g/mol. The smallest absolute Gasteiger partial charge is 0.247 e. The van der Waals surface area contributed by atoms with E-state index in [0.717, 1.165) is 37.6 Å². The average Bonchev–Trinajstić information content (AvgIpc) is 2.74. The Morgan fingerprint density at radius 3 is 2.54 bits per heavy atom. The van der Waals surface area contributed by atoms with Crippen molar-refractivity contribution in [3.8, 4) is 5.75 Å². The maximum absolute atomic E-state index is 5.26. The standard InChI is InChI=1S/C21H24N6O/c1-16-5-3-7-18(13-16)26-9-11-27(12-10-26)21-24-20(15-22-25-21)23-17-6-4-8-19(14-17)28-2/h3-8,13-15H,9-12H2,1-2H3,(H,23,24,25). The first-order valence-electron chi connectivity index (χ1n) is 9.38. The number of anilines is 4. The van der Waals surface area contributed by atoms with Crippen LogP contribution in [0.25, 0.3) is 0 Å². The van der Waals surface area contributed by atoms with E-state index in [2.05, 4.69) is 61.5 Å². The van der Waals surface area contributed by atoms with Gasteiger partial charge in [0.2, 0.25) is 5.95 Å². The summed E-state index contributed by atoms with van der Waals surface area (Å²) in [5.74, 6) is 2.11. The number of hydrogen-bond acceptors (Lipinski definition) is 7. The van der Waals surface area contributed by atoms with E-state index in [9.17, 15) is 0 Å². The van der Waals surface area contributed by atoms with Gasteiger partial charge in [-0.3, -0.25) is 0 Å². The molecule has 28 heavy (non-hydrogen) atoms. The second-order valence-corrected chi connectivity index (χ2v) is 6.81. The summed E-state index contributed by atoms with van der Waals surface area (Å²) in [4.78, 5) is 9.22. The highest BCUT2D eigenvalue weighted by Crippen LogP contribution is 2.22. The molecule has 1 N–H and O–H groups in total. The van der Waals surface area contributed by atoms with Gasteiger partial charge in [-0.05, 0) is 36.8 Å². The number of benzene rings is 2. The van der Waals surface area contributed by atoms with Crippen LogP contribution in [0.1, 0.15) is 5.56 Å². The van der Waals surface area contributed by atoms with Crippen LogP contribution < -0.4 is 19.9 Å². The van der Waals surface area contributed by atoms with Gasteiger partial charge in [-0.2, -0.15) is 10.1 Å². The summed E-state index contributed by atoms with van der Waals surface area (Å²) in [6.07, 6.45) is 1.63. The maximum Gasteiger partial charge on any atom is 0.247 e. The minimum Gasteiger partial charge on any atom is -0.497 e. The van der Waals surface area contributed by atoms with Crippen LogP contribution in [-0.4, -0.2) is 48.5 Å². The van der Waals surface area contributed by atoms with Crippen molar-refractivity contribution < 1.29 is 4.74 Å². The zero-order valence-corrected chi connectivity index (χ0v) is 16.2. The highest BCUT2D eigenvalue weighted by atomic mass is 16.5. The van der Waals surface area contributed by atoms with Crippen LogP contribution in [0.4, 0.5) is 23.1 Å². The van der Waals surface area contributed by atoms with Gasteiger partial charge >= 0.3 is 0 Å². The molecular weight excluding hydrogens is 352 g/mol. The van der Waals surface area contributed by atoms with Crippen LogP contribution in [0.5, 0.6) is 5.75 Å². The number of aromatic nitrogens is 3. The van der Waals surface area contributed by atoms with Crippen LogP contribution in [-0.2, 0) is 0 Å². The quantitative estimate of drug-likeness (QED) is 0.733. The molecular formula is C21H24N6O. The molecule has 0 saturated carbocycles. The Morgan fingerprint density at radius 2 is 1.75 bits per heavy atom. The van der Waals surface area contributed by atoms with Gasteiger partial charge in [0.05, 0.1) is 13.3 Å². The molecule has 1 aliphatic heterocycles. The summed E-state index contributed by atoms with van der Waals surface area (Å²) in [5.41, 5.74) is 3.45.